The van der Waals surface area contributed by atoms with Crippen LogP contribution in [0.25, 0.3) is 0 Å². The van der Waals surface area contributed by atoms with Crippen molar-refractivity contribution in [2.75, 3.05) is 23.4 Å². The number of hydrogen-bond acceptors (Lipinski definition) is 6. The first-order valence-corrected chi connectivity index (χ1v) is 13.3. The van der Waals surface area contributed by atoms with Gasteiger partial charge in [-0.15, -0.1) is 5.10 Å². The third-order valence-electron chi connectivity index (χ3n) is 6.46. The molecular weight excluding hydrogens is 504 g/mol. The van der Waals surface area contributed by atoms with E-state index in [2.05, 4.69) is 40.2 Å². The van der Waals surface area contributed by atoms with Crippen LogP contribution in [0.5, 0.6) is 0 Å². The highest BCUT2D eigenvalue weighted by atomic mass is 16.2. The molecule has 4 rings (SSSR count). The molecule has 0 fully saturated rings. The van der Waals surface area contributed by atoms with Crippen molar-refractivity contribution in [2.45, 2.75) is 47.2 Å². The number of nitrogens with one attached hydrogen (secondary N) is 4. The number of rotatable bonds is 7. The molecule has 0 aromatic heterocycles. The van der Waals surface area contributed by atoms with Gasteiger partial charge in [0.05, 0.1) is 5.69 Å². The van der Waals surface area contributed by atoms with E-state index in [1.807, 2.05) is 32.9 Å². The van der Waals surface area contributed by atoms with Gasteiger partial charge < -0.3 is 21.3 Å². The fourth-order valence-corrected chi connectivity index (χ4v) is 4.20. The average Bonchev–Trinajstić information content (AvgIpc) is 3.18. The SMILES string of the molecule is CC(=O)NC1(Nc2ccccc2)C(=O)N(c2ccccc2)N=C1NC(=O)c1cc(C)c(C)c(C)c1.CCNCC. The number of anilines is 2. The molecule has 9 nitrogen and oxygen atoms in total. The molecule has 1 unspecified atom stereocenters. The van der Waals surface area contributed by atoms with E-state index in [9.17, 15) is 14.4 Å². The van der Waals surface area contributed by atoms with Crippen molar-refractivity contribution < 1.29 is 14.4 Å². The fraction of sp³-hybridized carbons (Fsp3) is 0.290. The summed E-state index contributed by atoms with van der Waals surface area (Å²) in [5.41, 5.74) is 2.70. The number of amidine groups is 1. The third-order valence-corrected chi connectivity index (χ3v) is 6.46. The van der Waals surface area contributed by atoms with Crippen LogP contribution in [0.15, 0.2) is 77.9 Å². The van der Waals surface area contributed by atoms with Crippen molar-refractivity contribution in [3.05, 3.63) is 95.1 Å². The fourth-order valence-electron chi connectivity index (χ4n) is 4.20. The molecule has 0 radical (unpaired) electrons. The Balaban J connectivity index is 0.000000810. The molecule has 3 aromatic carbocycles. The van der Waals surface area contributed by atoms with E-state index in [-0.39, 0.29) is 5.84 Å². The summed E-state index contributed by atoms with van der Waals surface area (Å²) >= 11 is 0. The molecule has 3 aromatic rings. The molecule has 0 saturated heterocycles. The lowest BCUT2D eigenvalue weighted by Gasteiger charge is -2.31. The number of carbonyl (C=O) groups is 3. The maximum Gasteiger partial charge on any atom is 0.302 e. The van der Waals surface area contributed by atoms with Crippen molar-refractivity contribution in [2.24, 2.45) is 5.10 Å². The number of benzene rings is 3. The zero-order chi connectivity index (χ0) is 29.3. The highest BCUT2D eigenvalue weighted by Crippen LogP contribution is 2.28. The van der Waals surface area contributed by atoms with Crippen LogP contribution in [-0.2, 0) is 9.59 Å². The highest BCUT2D eigenvalue weighted by molar-refractivity contribution is 6.28. The zero-order valence-corrected chi connectivity index (χ0v) is 24.0. The predicted octanol–water partition coefficient (Wildman–Crippen LogP) is 4.26. The standard InChI is InChI=1S/C27H27N5O3.C4H11N/c1-17-15-21(16-18(2)19(17)3)24(34)28-25-27(29-20(4)33,30-22-11-7-5-8-12-22)26(35)32(31-25)23-13-9-6-10-14-23;1-3-5-4-2/h5-16,30H,1-4H3,(H,29,33)(H,28,31,34);5H,3-4H2,1-2H3. The maximum absolute atomic E-state index is 13.8. The molecule has 0 saturated carbocycles. The summed E-state index contributed by atoms with van der Waals surface area (Å²) in [6.07, 6.45) is 0. The third kappa shape index (κ3) is 6.92. The normalized spacial score (nSPS) is 16.0. The number of amides is 3. The Morgan fingerprint density at radius 3 is 1.93 bits per heavy atom. The van der Waals surface area contributed by atoms with Gasteiger partial charge in [0.15, 0.2) is 5.84 Å². The van der Waals surface area contributed by atoms with E-state index in [1.165, 1.54) is 11.9 Å². The van der Waals surface area contributed by atoms with Gasteiger partial charge in [-0.1, -0.05) is 50.2 Å². The minimum Gasteiger partial charge on any atom is -0.348 e. The molecule has 9 heteroatoms. The second kappa shape index (κ2) is 13.5. The lowest BCUT2D eigenvalue weighted by molar-refractivity contribution is -0.127. The molecular formula is C31H38N6O3. The quantitative estimate of drug-likeness (QED) is 0.333. The molecule has 210 valence electrons. The van der Waals surface area contributed by atoms with Crippen LogP contribution in [0.4, 0.5) is 11.4 Å². The van der Waals surface area contributed by atoms with Crippen molar-refractivity contribution in [3.8, 4) is 0 Å². The summed E-state index contributed by atoms with van der Waals surface area (Å²) in [7, 11) is 0. The number of aryl methyl sites for hydroxylation is 2. The molecule has 0 aliphatic carbocycles. The van der Waals surface area contributed by atoms with Crippen LogP contribution in [0.1, 0.15) is 47.8 Å². The molecule has 4 N–H and O–H groups in total. The second-order valence-corrected chi connectivity index (χ2v) is 9.47. The Bertz CT molecular complexity index is 1350. The molecule has 0 bridgehead atoms. The van der Waals surface area contributed by atoms with Gasteiger partial charge in [0.25, 0.3) is 11.6 Å². The summed E-state index contributed by atoms with van der Waals surface area (Å²) in [6.45, 7) is 13.6. The van der Waals surface area contributed by atoms with Crippen molar-refractivity contribution >= 4 is 34.9 Å². The minimum absolute atomic E-state index is 0.0358. The van der Waals surface area contributed by atoms with Gasteiger partial charge in [-0.3, -0.25) is 14.4 Å². The molecule has 1 aliphatic heterocycles. The van der Waals surface area contributed by atoms with Gasteiger partial charge in [0.1, 0.15) is 0 Å². The molecule has 0 spiro atoms. The van der Waals surface area contributed by atoms with Gasteiger partial charge in [-0.2, -0.15) is 5.01 Å². The first-order chi connectivity index (χ1) is 19.1. The summed E-state index contributed by atoms with van der Waals surface area (Å²) in [5, 5.41) is 17.3. The van der Waals surface area contributed by atoms with E-state index < -0.39 is 23.4 Å². The molecule has 40 heavy (non-hydrogen) atoms. The predicted molar refractivity (Wildman–Crippen MR) is 160 cm³/mol. The van der Waals surface area contributed by atoms with Crippen molar-refractivity contribution in [1.29, 1.82) is 0 Å². The summed E-state index contributed by atoms with van der Waals surface area (Å²) in [5.74, 6) is -1.51. The number of hydrazone groups is 1. The van der Waals surface area contributed by atoms with E-state index in [4.69, 9.17) is 0 Å². The van der Waals surface area contributed by atoms with Gasteiger partial charge in [0, 0.05) is 18.2 Å². The first kappa shape index (κ1) is 30.0. The van der Waals surface area contributed by atoms with Crippen molar-refractivity contribution in [1.82, 2.24) is 16.0 Å². The Kier molecular flexibility index (Phi) is 10.2. The monoisotopic (exact) mass is 542 g/mol. The maximum atomic E-state index is 13.8. The van der Waals surface area contributed by atoms with Crippen LogP contribution in [0, 0.1) is 20.8 Å². The lowest BCUT2D eigenvalue weighted by atomic mass is 10.00. The van der Waals surface area contributed by atoms with E-state index >= 15 is 0 Å². The average molecular weight is 543 g/mol. The minimum atomic E-state index is -1.83. The van der Waals surface area contributed by atoms with Crippen LogP contribution in [-0.4, -0.2) is 42.3 Å². The van der Waals surface area contributed by atoms with Crippen LogP contribution < -0.4 is 26.3 Å². The zero-order valence-electron chi connectivity index (χ0n) is 24.0. The Labute approximate surface area is 236 Å². The van der Waals surface area contributed by atoms with Gasteiger partial charge in [-0.25, -0.2) is 0 Å². The van der Waals surface area contributed by atoms with Crippen LogP contribution >= 0.6 is 0 Å². The van der Waals surface area contributed by atoms with Gasteiger partial charge in [0.2, 0.25) is 5.91 Å². The lowest BCUT2D eigenvalue weighted by Crippen LogP contribution is -2.67. The molecule has 1 heterocycles. The van der Waals surface area contributed by atoms with E-state index in [1.54, 1.807) is 60.7 Å². The second-order valence-electron chi connectivity index (χ2n) is 9.47. The molecule has 3 amide bonds. The number of carbonyl (C=O) groups excluding carboxylic acids is 3. The Hall–Kier alpha value is -4.50. The topological polar surface area (TPSA) is 115 Å². The van der Waals surface area contributed by atoms with Crippen LogP contribution in [0.3, 0.4) is 0 Å². The summed E-state index contributed by atoms with van der Waals surface area (Å²) in [4.78, 5) is 39.5. The largest absolute Gasteiger partial charge is 0.348 e. The molecule has 1 aliphatic rings. The Morgan fingerprint density at radius 2 is 1.43 bits per heavy atom. The van der Waals surface area contributed by atoms with Crippen LogP contribution in [0.2, 0.25) is 0 Å². The van der Waals surface area contributed by atoms with Gasteiger partial charge >= 0.3 is 5.91 Å². The number of nitrogens with zero attached hydrogens (tertiary/aromatic N) is 2. The van der Waals surface area contributed by atoms with Crippen molar-refractivity contribution in [3.63, 3.8) is 0 Å². The molecule has 1 atom stereocenters. The van der Waals surface area contributed by atoms with E-state index in [0.717, 1.165) is 29.8 Å². The van der Waals surface area contributed by atoms with Gasteiger partial charge in [-0.05, 0) is 86.9 Å². The highest BCUT2D eigenvalue weighted by Gasteiger charge is 2.54. The number of para-hydroxylation sites is 2. The Morgan fingerprint density at radius 1 is 0.875 bits per heavy atom. The summed E-state index contributed by atoms with van der Waals surface area (Å²) < 4.78 is 0. The number of hydrogen-bond donors (Lipinski definition) is 4. The first-order valence-electron chi connectivity index (χ1n) is 13.3. The van der Waals surface area contributed by atoms with E-state index in [0.29, 0.717) is 16.9 Å². The summed E-state index contributed by atoms with van der Waals surface area (Å²) in [6, 6.07) is 21.3. The smallest absolute Gasteiger partial charge is 0.302 e.